The molecule has 110 valence electrons. The number of hydrogen-bond donors (Lipinski definition) is 1. The molecule has 0 aliphatic carbocycles. The van der Waals surface area contributed by atoms with Crippen molar-refractivity contribution in [1.29, 1.82) is 0 Å². The van der Waals surface area contributed by atoms with Gasteiger partial charge in [0, 0.05) is 18.7 Å². The van der Waals surface area contributed by atoms with E-state index in [4.69, 9.17) is 4.74 Å². The van der Waals surface area contributed by atoms with E-state index in [0.717, 1.165) is 5.56 Å². The number of nitro groups is 1. The molecule has 0 aliphatic heterocycles. The van der Waals surface area contributed by atoms with Gasteiger partial charge in [0.15, 0.2) is 0 Å². The first-order valence-corrected chi connectivity index (χ1v) is 6.41. The van der Waals surface area contributed by atoms with Crippen LogP contribution in [0.2, 0.25) is 0 Å². The van der Waals surface area contributed by atoms with Crippen molar-refractivity contribution in [1.82, 2.24) is 0 Å². The van der Waals surface area contributed by atoms with E-state index in [0.29, 0.717) is 24.4 Å². The van der Waals surface area contributed by atoms with Crippen LogP contribution in [0, 0.1) is 15.9 Å². The number of nitrogens with one attached hydrogen (secondary N) is 1. The molecule has 0 fully saturated rings. The van der Waals surface area contributed by atoms with Crippen molar-refractivity contribution in [2.75, 3.05) is 19.0 Å². The normalized spacial score (nSPS) is 10.2. The molecule has 2 aromatic carbocycles. The summed E-state index contributed by atoms with van der Waals surface area (Å²) in [6.45, 7) is 0.456. The fourth-order valence-corrected chi connectivity index (χ4v) is 1.98. The predicted molar refractivity (Wildman–Crippen MR) is 78.2 cm³/mol. The summed E-state index contributed by atoms with van der Waals surface area (Å²) in [5.41, 5.74) is 1.19. The van der Waals surface area contributed by atoms with E-state index in [-0.39, 0.29) is 11.5 Å². The molecular weight excluding hydrogens is 275 g/mol. The second kappa shape index (κ2) is 6.69. The number of nitro benzene ring substituents is 1. The molecule has 0 saturated heterocycles. The highest BCUT2D eigenvalue weighted by molar-refractivity contribution is 5.64. The average Bonchev–Trinajstić information content (AvgIpc) is 2.47. The maximum absolute atomic E-state index is 13.1. The molecule has 0 heterocycles. The lowest BCUT2D eigenvalue weighted by Gasteiger charge is -2.09. The lowest BCUT2D eigenvalue weighted by atomic mass is 10.1. The molecule has 5 nitrogen and oxygen atoms in total. The topological polar surface area (TPSA) is 64.4 Å². The molecule has 6 heteroatoms. The zero-order valence-corrected chi connectivity index (χ0v) is 11.5. The summed E-state index contributed by atoms with van der Waals surface area (Å²) < 4.78 is 18.1. The largest absolute Gasteiger partial charge is 0.497 e. The molecule has 0 bridgehead atoms. The Morgan fingerprint density at radius 3 is 2.76 bits per heavy atom. The Bertz CT molecular complexity index is 647. The van der Waals surface area contributed by atoms with Crippen LogP contribution in [0.4, 0.5) is 15.8 Å². The standard InChI is InChI=1S/C15H15FN2O3/c1-21-13-5-6-15(18(19)20)14(10-13)17-8-7-11-3-2-4-12(16)9-11/h2-6,9-10,17H,7-8H2,1H3. The summed E-state index contributed by atoms with van der Waals surface area (Å²) in [6.07, 6.45) is 0.562. The Labute approximate surface area is 121 Å². The van der Waals surface area contributed by atoms with E-state index in [1.807, 2.05) is 6.07 Å². The summed E-state index contributed by atoms with van der Waals surface area (Å²) in [4.78, 5) is 10.5. The van der Waals surface area contributed by atoms with Crippen molar-refractivity contribution >= 4 is 11.4 Å². The molecule has 0 spiro atoms. The lowest BCUT2D eigenvalue weighted by molar-refractivity contribution is -0.384. The number of hydrogen-bond acceptors (Lipinski definition) is 4. The maximum atomic E-state index is 13.1. The first-order chi connectivity index (χ1) is 10.1. The number of nitrogens with zero attached hydrogens (tertiary/aromatic N) is 1. The zero-order chi connectivity index (χ0) is 15.2. The van der Waals surface area contributed by atoms with Crippen molar-refractivity contribution in [2.24, 2.45) is 0 Å². The monoisotopic (exact) mass is 290 g/mol. The van der Waals surface area contributed by atoms with Gasteiger partial charge in [-0.3, -0.25) is 10.1 Å². The second-order valence-corrected chi connectivity index (χ2v) is 4.45. The highest BCUT2D eigenvalue weighted by Crippen LogP contribution is 2.28. The molecule has 0 aromatic heterocycles. The third kappa shape index (κ3) is 3.92. The maximum Gasteiger partial charge on any atom is 0.292 e. The minimum atomic E-state index is -0.454. The number of ether oxygens (including phenoxy) is 1. The molecule has 0 aliphatic rings. The van der Waals surface area contributed by atoms with Crippen LogP contribution in [-0.4, -0.2) is 18.6 Å². The van der Waals surface area contributed by atoms with Crippen molar-refractivity contribution < 1.29 is 14.1 Å². The number of benzene rings is 2. The summed E-state index contributed by atoms with van der Waals surface area (Å²) in [5.74, 6) is 0.244. The van der Waals surface area contributed by atoms with Crippen LogP contribution in [-0.2, 0) is 6.42 Å². The molecule has 0 radical (unpaired) electrons. The van der Waals surface area contributed by atoms with Gasteiger partial charge in [0.05, 0.1) is 12.0 Å². The van der Waals surface area contributed by atoms with E-state index < -0.39 is 4.92 Å². The molecule has 21 heavy (non-hydrogen) atoms. The van der Waals surface area contributed by atoms with Gasteiger partial charge in [0.1, 0.15) is 17.3 Å². The van der Waals surface area contributed by atoms with E-state index >= 15 is 0 Å². The van der Waals surface area contributed by atoms with Crippen LogP contribution in [0.25, 0.3) is 0 Å². The Balaban J connectivity index is 2.06. The molecule has 0 amide bonds. The van der Waals surface area contributed by atoms with Crippen LogP contribution in [0.15, 0.2) is 42.5 Å². The minimum absolute atomic E-state index is 0.0185. The van der Waals surface area contributed by atoms with Gasteiger partial charge in [-0.2, -0.15) is 0 Å². The number of methoxy groups -OCH3 is 1. The average molecular weight is 290 g/mol. The van der Waals surface area contributed by atoms with Crippen molar-refractivity contribution in [3.8, 4) is 5.75 Å². The fourth-order valence-electron chi connectivity index (χ4n) is 1.98. The Morgan fingerprint density at radius 1 is 1.29 bits per heavy atom. The SMILES string of the molecule is COc1ccc([N+](=O)[O-])c(NCCc2cccc(F)c2)c1. The van der Waals surface area contributed by atoms with Gasteiger partial charge >= 0.3 is 0 Å². The smallest absolute Gasteiger partial charge is 0.292 e. The van der Waals surface area contributed by atoms with Crippen LogP contribution < -0.4 is 10.1 Å². The van der Waals surface area contributed by atoms with Gasteiger partial charge in [0.25, 0.3) is 5.69 Å². The fraction of sp³-hybridized carbons (Fsp3) is 0.200. The number of rotatable bonds is 6. The van der Waals surface area contributed by atoms with Crippen LogP contribution in [0.1, 0.15) is 5.56 Å². The number of anilines is 1. The summed E-state index contributed by atoms with van der Waals surface area (Å²) in [5, 5.41) is 14.0. The van der Waals surface area contributed by atoms with Crippen LogP contribution >= 0.6 is 0 Å². The molecule has 2 rings (SSSR count). The number of halogens is 1. The van der Waals surface area contributed by atoms with E-state index in [9.17, 15) is 14.5 Å². The molecule has 0 atom stereocenters. The molecule has 0 unspecified atom stereocenters. The summed E-state index contributed by atoms with van der Waals surface area (Å²) in [6, 6.07) is 10.8. The van der Waals surface area contributed by atoms with E-state index in [2.05, 4.69) is 5.32 Å². The molecule has 2 aromatic rings. The zero-order valence-electron chi connectivity index (χ0n) is 11.5. The Kier molecular flexibility index (Phi) is 4.71. The van der Waals surface area contributed by atoms with Gasteiger partial charge in [-0.05, 0) is 30.2 Å². The predicted octanol–water partition coefficient (Wildman–Crippen LogP) is 3.40. The van der Waals surface area contributed by atoms with E-state index in [1.54, 1.807) is 12.1 Å². The molecular formula is C15H15FN2O3. The minimum Gasteiger partial charge on any atom is -0.497 e. The van der Waals surface area contributed by atoms with Gasteiger partial charge < -0.3 is 10.1 Å². The first kappa shape index (κ1) is 14.8. The van der Waals surface area contributed by atoms with Gasteiger partial charge in [-0.1, -0.05) is 12.1 Å². The first-order valence-electron chi connectivity index (χ1n) is 6.41. The summed E-state index contributed by atoms with van der Waals surface area (Å²) in [7, 11) is 1.50. The highest BCUT2D eigenvalue weighted by atomic mass is 19.1. The Morgan fingerprint density at radius 2 is 2.10 bits per heavy atom. The second-order valence-electron chi connectivity index (χ2n) is 4.45. The van der Waals surface area contributed by atoms with Crippen molar-refractivity contribution in [2.45, 2.75) is 6.42 Å². The van der Waals surface area contributed by atoms with Gasteiger partial charge in [0.2, 0.25) is 0 Å². The molecule has 1 N–H and O–H groups in total. The van der Waals surface area contributed by atoms with Crippen LogP contribution in [0.5, 0.6) is 5.75 Å². The Hall–Kier alpha value is -2.63. The van der Waals surface area contributed by atoms with Crippen molar-refractivity contribution in [3.05, 3.63) is 64.0 Å². The van der Waals surface area contributed by atoms with Crippen LogP contribution in [0.3, 0.4) is 0 Å². The van der Waals surface area contributed by atoms with Crippen molar-refractivity contribution in [3.63, 3.8) is 0 Å². The molecule has 0 saturated carbocycles. The van der Waals surface area contributed by atoms with Gasteiger partial charge in [-0.15, -0.1) is 0 Å². The lowest BCUT2D eigenvalue weighted by Crippen LogP contribution is -2.07. The van der Waals surface area contributed by atoms with E-state index in [1.165, 1.54) is 31.4 Å². The summed E-state index contributed by atoms with van der Waals surface area (Å²) >= 11 is 0. The van der Waals surface area contributed by atoms with Gasteiger partial charge in [-0.25, -0.2) is 4.39 Å². The highest BCUT2D eigenvalue weighted by Gasteiger charge is 2.14. The quantitative estimate of drug-likeness (QED) is 0.654. The third-order valence-electron chi connectivity index (χ3n) is 3.02. The third-order valence-corrected chi connectivity index (χ3v) is 3.02.